The topological polar surface area (TPSA) is 15.6 Å². The lowest BCUT2D eigenvalue weighted by Crippen LogP contribution is -2.14. The third kappa shape index (κ3) is 3.26. The minimum atomic E-state index is 0.956. The molecule has 1 aliphatic rings. The molecular weight excluding hydrogens is 360 g/mol. The second kappa shape index (κ2) is 6.62. The van der Waals surface area contributed by atoms with E-state index in [1.54, 1.807) is 0 Å². The van der Waals surface area contributed by atoms with Crippen LogP contribution in [0.4, 0.5) is 11.4 Å². The van der Waals surface area contributed by atoms with Gasteiger partial charge in [0.15, 0.2) is 0 Å². The van der Waals surface area contributed by atoms with E-state index >= 15 is 0 Å². The highest BCUT2D eigenvalue weighted by Crippen LogP contribution is 2.28. The molecule has 0 saturated carbocycles. The molecule has 0 bridgehead atoms. The lowest BCUT2D eigenvalue weighted by Gasteiger charge is -2.17. The van der Waals surface area contributed by atoms with E-state index in [9.17, 15) is 0 Å². The lowest BCUT2D eigenvalue weighted by atomic mass is 10.1. The predicted molar refractivity (Wildman–Crippen MR) is 104 cm³/mol. The van der Waals surface area contributed by atoms with Crippen molar-refractivity contribution in [3.8, 4) is 0 Å². The van der Waals surface area contributed by atoms with Crippen molar-refractivity contribution in [3.63, 3.8) is 0 Å². The maximum atomic E-state index is 4.52. The summed E-state index contributed by atoms with van der Waals surface area (Å²) in [6.07, 6.45) is 1.91. The fourth-order valence-electron chi connectivity index (χ4n) is 2.96. The summed E-state index contributed by atoms with van der Waals surface area (Å²) in [5.41, 5.74) is 6.18. The maximum absolute atomic E-state index is 4.52. The van der Waals surface area contributed by atoms with E-state index in [0.29, 0.717) is 0 Å². The van der Waals surface area contributed by atoms with Crippen molar-refractivity contribution in [1.29, 1.82) is 0 Å². The highest BCUT2D eigenvalue weighted by atomic mass is 79.9. The molecule has 3 aromatic carbocycles. The molecule has 3 heteroatoms. The first kappa shape index (κ1) is 15.2. The van der Waals surface area contributed by atoms with Gasteiger partial charge in [-0.25, -0.2) is 0 Å². The zero-order valence-corrected chi connectivity index (χ0v) is 14.8. The number of rotatable bonds is 3. The SMILES string of the molecule is Brc1ccc(N=Cc2ccc(N3Cc4ccccc4C3)cc2)cc1. The minimum Gasteiger partial charge on any atom is -0.363 e. The van der Waals surface area contributed by atoms with Crippen LogP contribution in [0.25, 0.3) is 0 Å². The van der Waals surface area contributed by atoms with Crippen LogP contribution in [-0.4, -0.2) is 6.21 Å². The molecule has 0 amide bonds. The van der Waals surface area contributed by atoms with Crippen molar-refractivity contribution >= 4 is 33.5 Å². The molecule has 0 atom stereocenters. The van der Waals surface area contributed by atoms with Crippen LogP contribution in [0.1, 0.15) is 16.7 Å². The minimum absolute atomic E-state index is 0.956. The van der Waals surface area contributed by atoms with E-state index in [4.69, 9.17) is 0 Å². The maximum Gasteiger partial charge on any atom is 0.0630 e. The monoisotopic (exact) mass is 376 g/mol. The second-order valence-corrected chi connectivity index (χ2v) is 6.87. The molecule has 0 aromatic heterocycles. The molecule has 0 unspecified atom stereocenters. The van der Waals surface area contributed by atoms with Gasteiger partial charge in [0, 0.05) is 29.5 Å². The van der Waals surface area contributed by atoms with Crippen molar-refractivity contribution in [2.45, 2.75) is 13.1 Å². The van der Waals surface area contributed by atoms with E-state index < -0.39 is 0 Å². The molecule has 0 saturated heterocycles. The van der Waals surface area contributed by atoms with Gasteiger partial charge in [-0.3, -0.25) is 4.99 Å². The summed E-state index contributed by atoms with van der Waals surface area (Å²) in [5, 5.41) is 0. The number of aliphatic imine (C=N–C) groups is 1. The summed E-state index contributed by atoms with van der Waals surface area (Å²) in [5.74, 6) is 0. The Balaban J connectivity index is 1.46. The number of anilines is 1. The summed E-state index contributed by atoms with van der Waals surface area (Å²) >= 11 is 3.44. The Morgan fingerprint density at radius 3 is 2.04 bits per heavy atom. The molecule has 1 heterocycles. The van der Waals surface area contributed by atoms with Gasteiger partial charge in [0.25, 0.3) is 0 Å². The fourth-order valence-corrected chi connectivity index (χ4v) is 3.23. The molecule has 0 spiro atoms. The van der Waals surface area contributed by atoms with Crippen LogP contribution < -0.4 is 4.90 Å². The second-order valence-electron chi connectivity index (χ2n) is 5.95. The molecule has 24 heavy (non-hydrogen) atoms. The summed E-state index contributed by atoms with van der Waals surface area (Å²) in [7, 11) is 0. The Morgan fingerprint density at radius 2 is 1.42 bits per heavy atom. The van der Waals surface area contributed by atoms with Gasteiger partial charge in [0.05, 0.1) is 5.69 Å². The zero-order chi connectivity index (χ0) is 16.4. The zero-order valence-electron chi connectivity index (χ0n) is 13.2. The molecule has 118 valence electrons. The molecule has 4 rings (SSSR count). The third-order valence-corrected chi connectivity index (χ3v) is 4.82. The lowest BCUT2D eigenvalue weighted by molar-refractivity contribution is 0.880. The van der Waals surface area contributed by atoms with Gasteiger partial charge in [-0.05, 0) is 53.1 Å². The van der Waals surface area contributed by atoms with Crippen LogP contribution in [0.3, 0.4) is 0 Å². The molecule has 0 N–H and O–H groups in total. The molecule has 1 aliphatic heterocycles. The summed E-state index contributed by atoms with van der Waals surface area (Å²) < 4.78 is 1.07. The van der Waals surface area contributed by atoms with Crippen molar-refractivity contribution in [3.05, 3.63) is 94.0 Å². The van der Waals surface area contributed by atoms with E-state index in [2.05, 4.69) is 74.4 Å². The van der Waals surface area contributed by atoms with E-state index in [1.165, 1.54) is 16.8 Å². The highest BCUT2D eigenvalue weighted by molar-refractivity contribution is 9.10. The van der Waals surface area contributed by atoms with Crippen molar-refractivity contribution < 1.29 is 0 Å². The number of hydrogen-bond acceptors (Lipinski definition) is 2. The fraction of sp³-hybridized carbons (Fsp3) is 0.0952. The Bertz CT molecular complexity index is 842. The first-order valence-corrected chi connectivity index (χ1v) is 8.79. The number of halogens is 1. The van der Waals surface area contributed by atoms with Crippen molar-refractivity contribution in [1.82, 2.24) is 0 Å². The normalized spacial score (nSPS) is 13.5. The Kier molecular flexibility index (Phi) is 4.18. The number of hydrogen-bond donors (Lipinski definition) is 0. The molecule has 0 aliphatic carbocycles. The first-order chi connectivity index (χ1) is 11.8. The predicted octanol–water partition coefficient (Wildman–Crippen LogP) is 5.72. The van der Waals surface area contributed by atoms with Crippen LogP contribution in [-0.2, 0) is 13.1 Å². The van der Waals surface area contributed by atoms with Gasteiger partial charge < -0.3 is 4.90 Å². The molecule has 3 aromatic rings. The van der Waals surface area contributed by atoms with E-state index in [0.717, 1.165) is 28.8 Å². The van der Waals surface area contributed by atoms with Crippen molar-refractivity contribution in [2.24, 2.45) is 4.99 Å². The van der Waals surface area contributed by atoms with Gasteiger partial charge in [0.1, 0.15) is 0 Å². The van der Waals surface area contributed by atoms with Gasteiger partial charge in [0.2, 0.25) is 0 Å². The van der Waals surface area contributed by atoms with Crippen LogP contribution in [0, 0.1) is 0 Å². The summed E-state index contributed by atoms with van der Waals surface area (Å²) in [4.78, 5) is 6.92. The highest BCUT2D eigenvalue weighted by Gasteiger charge is 2.18. The van der Waals surface area contributed by atoms with Crippen LogP contribution >= 0.6 is 15.9 Å². The quantitative estimate of drug-likeness (QED) is 0.533. The van der Waals surface area contributed by atoms with Crippen LogP contribution in [0.5, 0.6) is 0 Å². The van der Waals surface area contributed by atoms with Gasteiger partial charge in [-0.15, -0.1) is 0 Å². The third-order valence-electron chi connectivity index (χ3n) is 4.29. The first-order valence-electron chi connectivity index (χ1n) is 7.99. The average Bonchev–Trinajstić information content (AvgIpc) is 3.06. The Labute approximate surface area is 150 Å². The van der Waals surface area contributed by atoms with E-state index in [-0.39, 0.29) is 0 Å². The number of benzene rings is 3. The van der Waals surface area contributed by atoms with Gasteiger partial charge in [-0.2, -0.15) is 0 Å². The molecule has 0 fully saturated rings. The van der Waals surface area contributed by atoms with Crippen LogP contribution in [0.15, 0.2) is 82.3 Å². The van der Waals surface area contributed by atoms with Crippen molar-refractivity contribution in [2.75, 3.05) is 4.90 Å². The van der Waals surface area contributed by atoms with E-state index in [1.807, 2.05) is 30.5 Å². The largest absolute Gasteiger partial charge is 0.363 e. The molecule has 0 radical (unpaired) electrons. The average molecular weight is 377 g/mol. The number of nitrogens with zero attached hydrogens (tertiary/aromatic N) is 2. The van der Waals surface area contributed by atoms with Gasteiger partial charge in [-0.1, -0.05) is 52.3 Å². The molecule has 2 nitrogen and oxygen atoms in total. The smallest absolute Gasteiger partial charge is 0.0630 e. The number of fused-ring (bicyclic) bond motifs is 1. The summed E-state index contributed by atoms with van der Waals surface area (Å²) in [6, 6.07) is 25.3. The van der Waals surface area contributed by atoms with Gasteiger partial charge >= 0.3 is 0 Å². The molecular formula is C21H17BrN2. The Morgan fingerprint density at radius 1 is 0.792 bits per heavy atom. The summed E-state index contributed by atoms with van der Waals surface area (Å²) in [6.45, 7) is 1.98. The van der Waals surface area contributed by atoms with Crippen LogP contribution in [0.2, 0.25) is 0 Å². The standard InChI is InChI=1S/C21H17BrN2/c22-19-7-9-20(10-8-19)23-13-16-5-11-21(12-6-16)24-14-17-3-1-2-4-18(17)15-24/h1-13H,14-15H2. The Hall–Kier alpha value is -2.39.